The molecule has 4 heteroatoms. The molecule has 15 heavy (non-hydrogen) atoms. The SMILES string of the molecule is CNCCCN(C)C(=O)C1CCCNC1. The predicted octanol–water partition coefficient (Wildman–Crippen LogP) is 0.0539. The highest BCUT2D eigenvalue weighted by Crippen LogP contribution is 2.12. The van der Waals surface area contributed by atoms with Crippen LogP contribution in [0.4, 0.5) is 0 Å². The molecule has 0 bridgehead atoms. The highest BCUT2D eigenvalue weighted by atomic mass is 16.2. The molecule has 4 nitrogen and oxygen atoms in total. The number of rotatable bonds is 5. The molecule has 1 aliphatic heterocycles. The maximum atomic E-state index is 12.0. The number of carbonyl (C=O) groups excluding carboxylic acids is 1. The largest absolute Gasteiger partial charge is 0.345 e. The molecule has 0 radical (unpaired) electrons. The van der Waals surface area contributed by atoms with Crippen molar-refractivity contribution in [3.8, 4) is 0 Å². The second-order valence-electron chi connectivity index (χ2n) is 4.26. The van der Waals surface area contributed by atoms with Gasteiger partial charge in [-0.2, -0.15) is 0 Å². The van der Waals surface area contributed by atoms with Crippen molar-refractivity contribution < 1.29 is 4.79 Å². The minimum absolute atomic E-state index is 0.207. The smallest absolute Gasteiger partial charge is 0.226 e. The van der Waals surface area contributed by atoms with E-state index in [4.69, 9.17) is 0 Å². The van der Waals surface area contributed by atoms with Gasteiger partial charge in [-0.05, 0) is 39.4 Å². The minimum Gasteiger partial charge on any atom is -0.345 e. The Morgan fingerprint density at radius 3 is 3.00 bits per heavy atom. The van der Waals surface area contributed by atoms with Crippen LogP contribution in [0, 0.1) is 5.92 Å². The summed E-state index contributed by atoms with van der Waals surface area (Å²) < 4.78 is 0. The van der Waals surface area contributed by atoms with Crippen molar-refractivity contribution in [2.24, 2.45) is 5.92 Å². The summed E-state index contributed by atoms with van der Waals surface area (Å²) in [6.45, 7) is 3.75. The molecule has 1 atom stereocenters. The van der Waals surface area contributed by atoms with Crippen LogP contribution in [0.2, 0.25) is 0 Å². The number of hydrogen-bond acceptors (Lipinski definition) is 3. The van der Waals surface area contributed by atoms with Crippen molar-refractivity contribution >= 4 is 5.91 Å². The Bertz CT molecular complexity index is 190. The number of nitrogens with zero attached hydrogens (tertiary/aromatic N) is 1. The summed E-state index contributed by atoms with van der Waals surface area (Å²) in [5.41, 5.74) is 0. The van der Waals surface area contributed by atoms with Gasteiger partial charge in [0.1, 0.15) is 0 Å². The van der Waals surface area contributed by atoms with Gasteiger partial charge in [0.15, 0.2) is 0 Å². The van der Waals surface area contributed by atoms with Crippen LogP contribution in [-0.2, 0) is 4.79 Å². The summed E-state index contributed by atoms with van der Waals surface area (Å²) in [5.74, 6) is 0.511. The highest BCUT2D eigenvalue weighted by molar-refractivity contribution is 5.78. The zero-order valence-electron chi connectivity index (χ0n) is 9.88. The highest BCUT2D eigenvalue weighted by Gasteiger charge is 2.23. The van der Waals surface area contributed by atoms with Crippen LogP contribution in [0.3, 0.4) is 0 Å². The molecule has 0 aliphatic carbocycles. The lowest BCUT2D eigenvalue weighted by molar-refractivity contribution is -0.134. The van der Waals surface area contributed by atoms with Crippen molar-refractivity contribution in [3.05, 3.63) is 0 Å². The van der Waals surface area contributed by atoms with E-state index in [2.05, 4.69) is 10.6 Å². The Labute approximate surface area is 92.4 Å². The lowest BCUT2D eigenvalue weighted by Gasteiger charge is -2.27. The van der Waals surface area contributed by atoms with Gasteiger partial charge in [-0.15, -0.1) is 0 Å². The molecule has 1 aliphatic rings. The third-order valence-corrected chi connectivity index (χ3v) is 2.94. The zero-order chi connectivity index (χ0) is 11.1. The molecule has 0 aromatic rings. The number of piperidine rings is 1. The molecule has 0 aromatic carbocycles. The molecule has 1 heterocycles. The van der Waals surface area contributed by atoms with Crippen molar-refractivity contribution in [3.63, 3.8) is 0 Å². The number of nitrogens with one attached hydrogen (secondary N) is 2. The number of carbonyl (C=O) groups is 1. The summed E-state index contributed by atoms with van der Waals surface area (Å²) in [5, 5.41) is 6.37. The van der Waals surface area contributed by atoms with E-state index >= 15 is 0 Å². The molecule has 0 spiro atoms. The van der Waals surface area contributed by atoms with Gasteiger partial charge in [-0.25, -0.2) is 0 Å². The summed E-state index contributed by atoms with van der Waals surface area (Å²) in [6.07, 6.45) is 3.20. The van der Waals surface area contributed by atoms with E-state index < -0.39 is 0 Å². The van der Waals surface area contributed by atoms with Crippen LogP contribution >= 0.6 is 0 Å². The molecule has 0 aromatic heterocycles. The fraction of sp³-hybridized carbons (Fsp3) is 0.909. The molecule has 0 saturated carbocycles. The van der Waals surface area contributed by atoms with E-state index in [1.807, 2.05) is 19.0 Å². The average molecular weight is 213 g/mol. The Kier molecular flexibility index (Phi) is 5.65. The first-order valence-electron chi connectivity index (χ1n) is 5.86. The lowest BCUT2D eigenvalue weighted by Crippen LogP contribution is -2.42. The van der Waals surface area contributed by atoms with Crippen LogP contribution in [0.15, 0.2) is 0 Å². The molecule has 1 fully saturated rings. The summed E-state index contributed by atoms with van der Waals surface area (Å²) in [6, 6.07) is 0. The molecule has 88 valence electrons. The van der Waals surface area contributed by atoms with Gasteiger partial charge in [-0.3, -0.25) is 4.79 Å². The van der Waals surface area contributed by atoms with Crippen molar-refractivity contribution in [1.82, 2.24) is 15.5 Å². The van der Waals surface area contributed by atoms with E-state index in [9.17, 15) is 4.79 Å². The summed E-state index contributed by atoms with van der Waals surface area (Å²) in [7, 11) is 3.85. The molecular weight excluding hydrogens is 190 g/mol. The van der Waals surface area contributed by atoms with Gasteiger partial charge in [0.05, 0.1) is 5.92 Å². The topological polar surface area (TPSA) is 44.4 Å². The third-order valence-electron chi connectivity index (χ3n) is 2.94. The van der Waals surface area contributed by atoms with E-state index in [0.29, 0.717) is 5.91 Å². The lowest BCUT2D eigenvalue weighted by atomic mass is 9.98. The van der Waals surface area contributed by atoms with Crippen molar-refractivity contribution in [2.45, 2.75) is 19.3 Å². The number of amides is 1. The van der Waals surface area contributed by atoms with Crippen molar-refractivity contribution in [1.29, 1.82) is 0 Å². The molecular formula is C11H23N3O. The van der Waals surface area contributed by atoms with Crippen molar-refractivity contribution in [2.75, 3.05) is 40.3 Å². The maximum Gasteiger partial charge on any atom is 0.226 e. The number of hydrogen-bond donors (Lipinski definition) is 2. The first kappa shape index (κ1) is 12.5. The van der Waals surface area contributed by atoms with E-state index in [-0.39, 0.29) is 5.92 Å². The van der Waals surface area contributed by atoms with Gasteiger partial charge in [0, 0.05) is 20.1 Å². The summed E-state index contributed by atoms with van der Waals surface area (Å²) in [4.78, 5) is 13.8. The molecule has 2 N–H and O–H groups in total. The first-order chi connectivity index (χ1) is 7.25. The first-order valence-corrected chi connectivity index (χ1v) is 5.86. The summed E-state index contributed by atoms with van der Waals surface area (Å²) >= 11 is 0. The van der Waals surface area contributed by atoms with Gasteiger partial charge < -0.3 is 15.5 Å². The normalized spacial score (nSPS) is 21.3. The molecule has 1 unspecified atom stereocenters. The monoisotopic (exact) mass is 213 g/mol. The maximum absolute atomic E-state index is 12.0. The van der Waals surface area contributed by atoms with Crippen LogP contribution in [0.1, 0.15) is 19.3 Å². The standard InChI is InChI=1S/C11H23N3O/c1-12-6-4-8-14(2)11(15)10-5-3-7-13-9-10/h10,12-13H,3-9H2,1-2H3. The van der Waals surface area contributed by atoms with Gasteiger partial charge >= 0.3 is 0 Å². The molecule has 1 amide bonds. The van der Waals surface area contributed by atoms with Crippen LogP contribution in [-0.4, -0.2) is 51.1 Å². The molecule has 1 saturated heterocycles. The van der Waals surface area contributed by atoms with E-state index in [0.717, 1.165) is 45.4 Å². The quantitative estimate of drug-likeness (QED) is 0.635. The zero-order valence-corrected chi connectivity index (χ0v) is 9.88. The van der Waals surface area contributed by atoms with Gasteiger partial charge in [0.25, 0.3) is 0 Å². The second kappa shape index (κ2) is 6.80. The minimum atomic E-state index is 0.207. The molecule has 1 rings (SSSR count). The van der Waals surface area contributed by atoms with Crippen LogP contribution in [0.5, 0.6) is 0 Å². The Morgan fingerprint density at radius 2 is 2.40 bits per heavy atom. The van der Waals surface area contributed by atoms with Gasteiger partial charge in [0.2, 0.25) is 5.91 Å². The fourth-order valence-electron chi connectivity index (χ4n) is 1.98. The van der Waals surface area contributed by atoms with Crippen LogP contribution < -0.4 is 10.6 Å². The average Bonchev–Trinajstić information content (AvgIpc) is 2.29. The second-order valence-corrected chi connectivity index (χ2v) is 4.26. The Morgan fingerprint density at radius 1 is 1.60 bits per heavy atom. The Balaban J connectivity index is 2.24. The third kappa shape index (κ3) is 4.18. The van der Waals surface area contributed by atoms with Crippen LogP contribution in [0.25, 0.3) is 0 Å². The van der Waals surface area contributed by atoms with E-state index in [1.165, 1.54) is 0 Å². The van der Waals surface area contributed by atoms with Gasteiger partial charge in [-0.1, -0.05) is 0 Å². The fourth-order valence-corrected chi connectivity index (χ4v) is 1.98. The van der Waals surface area contributed by atoms with E-state index in [1.54, 1.807) is 0 Å². The predicted molar refractivity (Wildman–Crippen MR) is 61.8 cm³/mol. The Hall–Kier alpha value is -0.610.